The van der Waals surface area contributed by atoms with Gasteiger partial charge < -0.3 is 10.2 Å². The molecule has 20 heavy (non-hydrogen) atoms. The number of benzene rings is 1. The predicted molar refractivity (Wildman–Crippen MR) is 78.5 cm³/mol. The maximum atomic E-state index is 5.57. The van der Waals surface area contributed by atoms with Crippen LogP contribution in [0, 0.1) is 0 Å². The van der Waals surface area contributed by atoms with Gasteiger partial charge in [0.15, 0.2) is 5.82 Å². The average molecular weight is 270 g/mol. The van der Waals surface area contributed by atoms with Crippen molar-refractivity contribution in [2.45, 2.75) is 26.2 Å². The molecule has 1 aromatic heterocycles. The molecule has 1 heterocycles. The van der Waals surface area contributed by atoms with Crippen LogP contribution in [0.5, 0.6) is 5.75 Å². The van der Waals surface area contributed by atoms with Gasteiger partial charge in [-0.25, -0.2) is 15.8 Å². The molecular formula is C15H18N4O. The first-order valence-corrected chi connectivity index (χ1v) is 6.91. The maximum absolute atomic E-state index is 5.57. The zero-order valence-corrected chi connectivity index (χ0v) is 11.5. The zero-order valence-electron chi connectivity index (χ0n) is 11.5. The SMILES string of the molecule is CCOc1ccc(-c2nc3c(c(NN)n2)CCC3)cc1. The highest BCUT2D eigenvalue weighted by Crippen LogP contribution is 2.29. The van der Waals surface area contributed by atoms with Crippen LogP contribution < -0.4 is 16.0 Å². The van der Waals surface area contributed by atoms with Crippen molar-refractivity contribution in [2.24, 2.45) is 5.84 Å². The van der Waals surface area contributed by atoms with Crippen LogP contribution in [0.1, 0.15) is 24.6 Å². The van der Waals surface area contributed by atoms with E-state index in [1.54, 1.807) is 0 Å². The number of hydrogen-bond donors (Lipinski definition) is 2. The molecule has 5 nitrogen and oxygen atoms in total. The Balaban J connectivity index is 1.97. The van der Waals surface area contributed by atoms with Crippen LogP contribution in [0.15, 0.2) is 24.3 Å². The molecule has 0 saturated carbocycles. The molecule has 0 amide bonds. The highest BCUT2D eigenvalue weighted by atomic mass is 16.5. The normalized spacial score (nSPS) is 13.1. The number of rotatable bonds is 4. The van der Waals surface area contributed by atoms with Crippen LogP contribution >= 0.6 is 0 Å². The molecule has 0 atom stereocenters. The smallest absolute Gasteiger partial charge is 0.161 e. The number of hydrazine groups is 1. The number of ether oxygens (including phenoxy) is 1. The lowest BCUT2D eigenvalue weighted by molar-refractivity contribution is 0.340. The first-order chi connectivity index (χ1) is 9.81. The fourth-order valence-electron chi connectivity index (χ4n) is 2.55. The number of hydrogen-bond acceptors (Lipinski definition) is 5. The molecule has 0 fully saturated rings. The zero-order chi connectivity index (χ0) is 13.9. The second-order valence-corrected chi connectivity index (χ2v) is 4.78. The van der Waals surface area contributed by atoms with Gasteiger partial charge in [-0.3, -0.25) is 0 Å². The van der Waals surface area contributed by atoms with Crippen molar-refractivity contribution >= 4 is 5.82 Å². The number of nitrogens with two attached hydrogens (primary N) is 1. The van der Waals surface area contributed by atoms with Crippen LogP contribution in [-0.4, -0.2) is 16.6 Å². The second-order valence-electron chi connectivity index (χ2n) is 4.78. The van der Waals surface area contributed by atoms with Crippen molar-refractivity contribution in [3.63, 3.8) is 0 Å². The van der Waals surface area contributed by atoms with Gasteiger partial charge in [0, 0.05) is 16.8 Å². The molecule has 2 aromatic rings. The van der Waals surface area contributed by atoms with E-state index in [1.807, 2.05) is 31.2 Å². The first-order valence-electron chi connectivity index (χ1n) is 6.91. The number of nitrogen functional groups attached to an aromatic ring is 1. The number of nitrogens with one attached hydrogen (secondary N) is 1. The molecule has 0 aliphatic heterocycles. The minimum absolute atomic E-state index is 0.663. The Kier molecular flexibility index (Phi) is 3.52. The summed E-state index contributed by atoms with van der Waals surface area (Å²) in [4.78, 5) is 9.18. The summed E-state index contributed by atoms with van der Waals surface area (Å²) in [6.45, 7) is 2.63. The predicted octanol–water partition coefficient (Wildman–Crippen LogP) is 2.32. The summed E-state index contributed by atoms with van der Waals surface area (Å²) in [6.07, 6.45) is 3.11. The fourth-order valence-corrected chi connectivity index (χ4v) is 2.55. The average Bonchev–Trinajstić information content (AvgIpc) is 2.95. The summed E-state index contributed by atoms with van der Waals surface area (Å²) in [5.74, 6) is 7.89. The van der Waals surface area contributed by atoms with E-state index in [0.717, 1.165) is 47.7 Å². The molecule has 3 N–H and O–H groups in total. The van der Waals surface area contributed by atoms with Crippen molar-refractivity contribution in [3.05, 3.63) is 35.5 Å². The lowest BCUT2D eigenvalue weighted by Gasteiger charge is -2.10. The molecule has 1 aliphatic rings. The number of aromatic nitrogens is 2. The number of anilines is 1. The molecular weight excluding hydrogens is 252 g/mol. The van der Waals surface area contributed by atoms with Crippen molar-refractivity contribution in [2.75, 3.05) is 12.0 Å². The van der Waals surface area contributed by atoms with Gasteiger partial charge in [-0.2, -0.15) is 0 Å². The molecule has 0 unspecified atom stereocenters. The standard InChI is InChI=1S/C15H18N4O/c1-2-20-11-8-6-10(7-9-11)14-17-13-5-3-4-12(13)15(18-14)19-16/h6-9H,2-5,16H2,1H3,(H,17,18,19). The van der Waals surface area contributed by atoms with Crippen LogP contribution in [0.25, 0.3) is 11.4 Å². The lowest BCUT2D eigenvalue weighted by atomic mass is 10.2. The van der Waals surface area contributed by atoms with Gasteiger partial charge in [0.25, 0.3) is 0 Å². The minimum Gasteiger partial charge on any atom is -0.494 e. The Morgan fingerprint density at radius 1 is 1.20 bits per heavy atom. The third-order valence-corrected chi connectivity index (χ3v) is 3.49. The van der Waals surface area contributed by atoms with Gasteiger partial charge in [0.2, 0.25) is 0 Å². The second kappa shape index (κ2) is 5.46. The lowest BCUT2D eigenvalue weighted by Crippen LogP contribution is -2.12. The largest absolute Gasteiger partial charge is 0.494 e. The van der Waals surface area contributed by atoms with Crippen molar-refractivity contribution in [1.29, 1.82) is 0 Å². The van der Waals surface area contributed by atoms with E-state index < -0.39 is 0 Å². The van der Waals surface area contributed by atoms with Crippen LogP contribution in [0.2, 0.25) is 0 Å². The Morgan fingerprint density at radius 2 is 2.00 bits per heavy atom. The number of fused-ring (bicyclic) bond motifs is 1. The summed E-state index contributed by atoms with van der Waals surface area (Å²) in [5.41, 5.74) is 5.93. The van der Waals surface area contributed by atoms with Gasteiger partial charge in [0.1, 0.15) is 11.6 Å². The highest BCUT2D eigenvalue weighted by Gasteiger charge is 2.19. The van der Waals surface area contributed by atoms with E-state index >= 15 is 0 Å². The molecule has 1 aliphatic carbocycles. The quantitative estimate of drug-likeness (QED) is 0.659. The van der Waals surface area contributed by atoms with E-state index in [9.17, 15) is 0 Å². The number of nitrogens with zero attached hydrogens (tertiary/aromatic N) is 2. The molecule has 0 spiro atoms. The monoisotopic (exact) mass is 270 g/mol. The van der Waals surface area contributed by atoms with E-state index in [2.05, 4.69) is 15.4 Å². The summed E-state index contributed by atoms with van der Waals surface area (Å²) < 4.78 is 5.44. The summed E-state index contributed by atoms with van der Waals surface area (Å²) in [5, 5.41) is 0. The molecule has 104 valence electrons. The molecule has 0 saturated heterocycles. The molecule has 5 heteroatoms. The maximum Gasteiger partial charge on any atom is 0.161 e. The van der Waals surface area contributed by atoms with Gasteiger partial charge >= 0.3 is 0 Å². The topological polar surface area (TPSA) is 73.1 Å². The summed E-state index contributed by atoms with van der Waals surface area (Å²) >= 11 is 0. The van der Waals surface area contributed by atoms with Crippen molar-refractivity contribution < 1.29 is 4.74 Å². The van der Waals surface area contributed by atoms with Crippen molar-refractivity contribution in [3.8, 4) is 17.1 Å². The van der Waals surface area contributed by atoms with E-state index in [0.29, 0.717) is 12.4 Å². The first kappa shape index (κ1) is 12.9. The van der Waals surface area contributed by atoms with Crippen LogP contribution in [-0.2, 0) is 12.8 Å². The van der Waals surface area contributed by atoms with Gasteiger partial charge in [-0.1, -0.05) is 0 Å². The Hall–Kier alpha value is -2.14. The van der Waals surface area contributed by atoms with Gasteiger partial charge in [-0.05, 0) is 50.5 Å². The Morgan fingerprint density at radius 3 is 2.70 bits per heavy atom. The Labute approximate surface area is 118 Å². The van der Waals surface area contributed by atoms with Gasteiger partial charge in [-0.15, -0.1) is 0 Å². The van der Waals surface area contributed by atoms with E-state index in [-0.39, 0.29) is 0 Å². The number of aryl methyl sites for hydroxylation is 1. The van der Waals surface area contributed by atoms with E-state index in [4.69, 9.17) is 10.6 Å². The molecule has 0 bridgehead atoms. The molecule has 0 radical (unpaired) electrons. The minimum atomic E-state index is 0.663. The molecule has 1 aromatic carbocycles. The third-order valence-electron chi connectivity index (χ3n) is 3.49. The Bertz CT molecular complexity index is 610. The highest BCUT2D eigenvalue weighted by molar-refractivity contribution is 5.61. The summed E-state index contributed by atoms with van der Waals surface area (Å²) in [6, 6.07) is 7.82. The van der Waals surface area contributed by atoms with E-state index in [1.165, 1.54) is 0 Å². The molecule has 3 rings (SSSR count). The van der Waals surface area contributed by atoms with Crippen LogP contribution in [0.3, 0.4) is 0 Å². The third kappa shape index (κ3) is 2.32. The van der Waals surface area contributed by atoms with Crippen LogP contribution in [0.4, 0.5) is 5.82 Å². The van der Waals surface area contributed by atoms with Gasteiger partial charge in [0.05, 0.1) is 6.61 Å². The van der Waals surface area contributed by atoms with Crippen molar-refractivity contribution in [1.82, 2.24) is 9.97 Å². The summed E-state index contributed by atoms with van der Waals surface area (Å²) in [7, 11) is 0. The fraction of sp³-hybridized carbons (Fsp3) is 0.333.